The van der Waals surface area contributed by atoms with Crippen molar-refractivity contribution in [1.82, 2.24) is 15.5 Å². The quantitative estimate of drug-likeness (QED) is 0.904. The molecule has 0 radical (unpaired) electrons. The van der Waals surface area contributed by atoms with Gasteiger partial charge in [-0.2, -0.15) is 5.10 Å². The lowest BCUT2D eigenvalue weighted by Gasteiger charge is -2.15. The molecule has 2 rings (SSSR count). The summed E-state index contributed by atoms with van der Waals surface area (Å²) in [6, 6.07) is 6.13. The minimum Gasteiger partial charge on any atom is -0.306 e. The van der Waals surface area contributed by atoms with Crippen molar-refractivity contribution >= 4 is 27.5 Å². The Morgan fingerprint density at radius 2 is 2.35 bits per heavy atom. The van der Waals surface area contributed by atoms with Crippen LogP contribution in [0.3, 0.4) is 0 Å². The van der Waals surface area contributed by atoms with Gasteiger partial charge in [-0.3, -0.25) is 5.10 Å². The lowest BCUT2D eigenvalue weighted by Crippen LogP contribution is -2.18. The van der Waals surface area contributed by atoms with Crippen molar-refractivity contribution in [1.29, 1.82) is 0 Å². The molecule has 0 saturated carbocycles. The average Bonchev–Trinajstić information content (AvgIpc) is 2.78. The number of H-pyrrole nitrogens is 1. The Labute approximate surface area is 114 Å². The highest BCUT2D eigenvalue weighted by molar-refractivity contribution is 9.10. The Balaban J connectivity index is 2.01. The van der Waals surface area contributed by atoms with Gasteiger partial charge in [0.1, 0.15) is 0 Å². The predicted octanol–water partition coefficient (Wildman–Crippen LogP) is 3.68. The van der Waals surface area contributed by atoms with Crippen LogP contribution in [0, 0.1) is 0 Å². The first kappa shape index (κ1) is 12.6. The molecule has 1 aromatic heterocycles. The third kappa shape index (κ3) is 3.31. The van der Waals surface area contributed by atoms with Gasteiger partial charge >= 0.3 is 0 Å². The highest BCUT2D eigenvalue weighted by atomic mass is 79.9. The Morgan fingerprint density at radius 3 is 3.00 bits per heavy atom. The summed E-state index contributed by atoms with van der Waals surface area (Å²) in [6.07, 6.45) is 3.69. The summed E-state index contributed by atoms with van der Waals surface area (Å²) < 4.78 is 0.994. The molecule has 5 heteroatoms. The van der Waals surface area contributed by atoms with E-state index in [1.807, 2.05) is 30.6 Å². The molecule has 0 amide bonds. The fraction of sp³-hybridized carbons (Fsp3) is 0.250. The summed E-state index contributed by atoms with van der Waals surface area (Å²) in [7, 11) is 0. The number of hydrogen-bond acceptors (Lipinski definition) is 2. The summed E-state index contributed by atoms with van der Waals surface area (Å²) in [5, 5.41) is 10.9. The second-order valence-electron chi connectivity index (χ2n) is 3.87. The topological polar surface area (TPSA) is 40.7 Å². The molecule has 0 spiro atoms. The minimum atomic E-state index is 0.200. The zero-order valence-electron chi connectivity index (χ0n) is 9.37. The molecule has 90 valence electrons. The van der Waals surface area contributed by atoms with Crippen LogP contribution >= 0.6 is 27.5 Å². The van der Waals surface area contributed by atoms with Crippen LogP contribution in [0.1, 0.15) is 24.1 Å². The molecule has 1 unspecified atom stereocenters. The molecule has 1 heterocycles. The molecular weight excluding hydrogens is 302 g/mol. The SMILES string of the molecule is CC(NCc1cn[nH]c1)c1ccc(Br)cc1Cl. The van der Waals surface area contributed by atoms with Gasteiger partial charge in [0.15, 0.2) is 0 Å². The van der Waals surface area contributed by atoms with Crippen molar-refractivity contribution < 1.29 is 0 Å². The normalized spacial score (nSPS) is 12.6. The third-order valence-corrected chi connectivity index (χ3v) is 3.42. The zero-order chi connectivity index (χ0) is 12.3. The molecule has 0 aliphatic rings. The first-order valence-electron chi connectivity index (χ1n) is 5.33. The molecule has 0 bridgehead atoms. The summed E-state index contributed by atoms with van der Waals surface area (Å²) in [6.45, 7) is 2.86. The number of hydrogen-bond donors (Lipinski definition) is 2. The first-order chi connectivity index (χ1) is 8.16. The largest absolute Gasteiger partial charge is 0.306 e. The number of nitrogens with one attached hydrogen (secondary N) is 2. The van der Waals surface area contributed by atoms with Crippen molar-refractivity contribution in [2.75, 3.05) is 0 Å². The van der Waals surface area contributed by atoms with E-state index in [0.717, 1.165) is 27.2 Å². The Hall–Kier alpha value is -0.840. The summed E-state index contributed by atoms with van der Waals surface area (Å²) in [5.41, 5.74) is 2.23. The van der Waals surface area contributed by atoms with Gasteiger partial charge in [-0.05, 0) is 24.6 Å². The van der Waals surface area contributed by atoms with E-state index < -0.39 is 0 Å². The fourth-order valence-corrected chi connectivity index (χ4v) is 2.44. The maximum Gasteiger partial charge on any atom is 0.0532 e. The van der Waals surface area contributed by atoms with Crippen LogP contribution < -0.4 is 5.32 Å². The van der Waals surface area contributed by atoms with Gasteiger partial charge in [0.2, 0.25) is 0 Å². The molecule has 2 aromatic rings. The number of halogens is 2. The second kappa shape index (κ2) is 5.67. The molecule has 0 aliphatic carbocycles. The van der Waals surface area contributed by atoms with Crippen LogP contribution in [-0.2, 0) is 6.54 Å². The van der Waals surface area contributed by atoms with Gasteiger partial charge in [-0.25, -0.2) is 0 Å². The van der Waals surface area contributed by atoms with E-state index in [1.165, 1.54) is 0 Å². The van der Waals surface area contributed by atoms with Crippen molar-refractivity contribution in [3.63, 3.8) is 0 Å². The van der Waals surface area contributed by atoms with Gasteiger partial charge in [0, 0.05) is 33.8 Å². The van der Waals surface area contributed by atoms with E-state index in [2.05, 4.69) is 38.4 Å². The van der Waals surface area contributed by atoms with E-state index >= 15 is 0 Å². The molecule has 17 heavy (non-hydrogen) atoms. The molecule has 0 saturated heterocycles. The highest BCUT2D eigenvalue weighted by Gasteiger charge is 2.09. The van der Waals surface area contributed by atoms with Gasteiger partial charge in [-0.1, -0.05) is 33.6 Å². The molecule has 3 nitrogen and oxygen atoms in total. The van der Waals surface area contributed by atoms with Crippen LogP contribution in [0.25, 0.3) is 0 Å². The number of aromatic nitrogens is 2. The number of aromatic amines is 1. The van der Waals surface area contributed by atoms with E-state index in [-0.39, 0.29) is 6.04 Å². The predicted molar refractivity (Wildman–Crippen MR) is 73.0 cm³/mol. The van der Waals surface area contributed by atoms with Crippen LogP contribution in [0.4, 0.5) is 0 Å². The lowest BCUT2D eigenvalue weighted by atomic mass is 10.1. The fourth-order valence-electron chi connectivity index (χ4n) is 1.61. The second-order valence-corrected chi connectivity index (χ2v) is 5.20. The highest BCUT2D eigenvalue weighted by Crippen LogP contribution is 2.26. The molecule has 0 fully saturated rings. The summed E-state index contributed by atoms with van der Waals surface area (Å²) in [4.78, 5) is 0. The Kier molecular flexibility index (Phi) is 4.20. The number of nitrogens with zero attached hydrogens (tertiary/aromatic N) is 1. The first-order valence-corrected chi connectivity index (χ1v) is 6.50. The van der Waals surface area contributed by atoms with Gasteiger partial charge in [0.25, 0.3) is 0 Å². The van der Waals surface area contributed by atoms with Crippen molar-refractivity contribution in [2.45, 2.75) is 19.5 Å². The maximum absolute atomic E-state index is 6.20. The number of benzene rings is 1. The van der Waals surface area contributed by atoms with Crippen LogP contribution in [0.15, 0.2) is 35.1 Å². The van der Waals surface area contributed by atoms with E-state index in [9.17, 15) is 0 Å². The molecule has 1 aromatic carbocycles. The van der Waals surface area contributed by atoms with Crippen molar-refractivity contribution in [2.24, 2.45) is 0 Å². The molecular formula is C12H13BrClN3. The van der Waals surface area contributed by atoms with Crippen molar-refractivity contribution in [3.8, 4) is 0 Å². The van der Waals surface area contributed by atoms with Gasteiger partial charge < -0.3 is 5.32 Å². The molecule has 2 N–H and O–H groups in total. The van der Waals surface area contributed by atoms with Crippen LogP contribution in [-0.4, -0.2) is 10.2 Å². The Morgan fingerprint density at radius 1 is 1.53 bits per heavy atom. The van der Waals surface area contributed by atoms with E-state index in [4.69, 9.17) is 11.6 Å². The molecule has 0 aliphatic heterocycles. The monoisotopic (exact) mass is 313 g/mol. The zero-order valence-corrected chi connectivity index (χ0v) is 11.7. The van der Waals surface area contributed by atoms with Gasteiger partial charge in [-0.15, -0.1) is 0 Å². The average molecular weight is 315 g/mol. The molecule has 1 atom stereocenters. The lowest BCUT2D eigenvalue weighted by molar-refractivity contribution is 0.575. The van der Waals surface area contributed by atoms with Gasteiger partial charge in [0.05, 0.1) is 6.20 Å². The van der Waals surface area contributed by atoms with E-state index in [1.54, 1.807) is 0 Å². The Bertz CT molecular complexity index is 485. The minimum absolute atomic E-state index is 0.200. The van der Waals surface area contributed by atoms with E-state index in [0.29, 0.717) is 0 Å². The summed E-state index contributed by atoms with van der Waals surface area (Å²) >= 11 is 9.60. The van der Waals surface area contributed by atoms with Crippen LogP contribution in [0.5, 0.6) is 0 Å². The number of rotatable bonds is 4. The maximum atomic E-state index is 6.20. The standard InChI is InChI=1S/C12H13BrClN3/c1-8(15-5-9-6-16-17-7-9)11-3-2-10(13)4-12(11)14/h2-4,6-8,15H,5H2,1H3,(H,16,17). The smallest absolute Gasteiger partial charge is 0.0532 e. The third-order valence-electron chi connectivity index (χ3n) is 2.60. The summed E-state index contributed by atoms with van der Waals surface area (Å²) in [5.74, 6) is 0. The van der Waals surface area contributed by atoms with Crippen molar-refractivity contribution in [3.05, 3.63) is 51.2 Å². The van der Waals surface area contributed by atoms with Crippen LogP contribution in [0.2, 0.25) is 5.02 Å².